The summed E-state index contributed by atoms with van der Waals surface area (Å²) in [5.41, 5.74) is 14.9. The molecule has 0 saturated carbocycles. The number of hydrogen-bond acceptors (Lipinski definition) is 3. The van der Waals surface area contributed by atoms with Crippen molar-refractivity contribution in [3.63, 3.8) is 0 Å². The van der Waals surface area contributed by atoms with Gasteiger partial charge in [0.25, 0.3) is 0 Å². The van der Waals surface area contributed by atoms with E-state index in [1.165, 1.54) is 38.6 Å². The van der Waals surface area contributed by atoms with E-state index in [1.807, 2.05) is 18.3 Å². The second-order valence-corrected chi connectivity index (χ2v) is 14.1. The third kappa shape index (κ3) is 5.28. The third-order valence-electron chi connectivity index (χ3n) is 11.0. The lowest BCUT2D eigenvalue weighted by Gasteiger charge is -2.11. The molecule has 0 unspecified atom stereocenters. The average molecular weight is 701 g/mol. The van der Waals surface area contributed by atoms with E-state index in [1.54, 1.807) is 0 Å². The van der Waals surface area contributed by atoms with Gasteiger partial charge < -0.3 is 4.42 Å². The van der Waals surface area contributed by atoms with Crippen LogP contribution in [0.2, 0.25) is 0 Å². The number of aromatic nitrogens is 2. The van der Waals surface area contributed by atoms with Crippen LogP contribution in [0.15, 0.2) is 199 Å². The standard InChI is InChI=1S/C52H32N2O/c1-3-14-45-42(11-1)43-12-2-4-15-46(43)51-50(45)53-32-48(54-51)38-29-27-36(28-30-38)34-21-19-33(20-22-34)35-23-25-37(26-24-35)39-9-7-10-40(31-39)41-16-8-17-47-44-13-5-6-18-49(44)55-52(41)47/h1-32H. The number of benzene rings is 9. The Labute approximate surface area is 317 Å². The maximum atomic E-state index is 6.34. The Morgan fingerprint density at radius 2 is 0.800 bits per heavy atom. The van der Waals surface area contributed by atoms with Gasteiger partial charge in [0.1, 0.15) is 11.2 Å². The van der Waals surface area contributed by atoms with E-state index >= 15 is 0 Å². The number of hydrogen-bond donors (Lipinski definition) is 0. The molecule has 0 aliphatic heterocycles. The fourth-order valence-electron chi connectivity index (χ4n) is 8.15. The first-order chi connectivity index (χ1) is 27.2. The highest BCUT2D eigenvalue weighted by molar-refractivity contribution is 6.23. The van der Waals surface area contributed by atoms with Gasteiger partial charge in [-0.15, -0.1) is 0 Å². The van der Waals surface area contributed by atoms with Gasteiger partial charge in [-0.05, 0) is 61.8 Å². The van der Waals surface area contributed by atoms with E-state index < -0.39 is 0 Å². The quantitative estimate of drug-likeness (QED) is 0.168. The predicted octanol–water partition coefficient (Wildman–Crippen LogP) is 14.2. The van der Waals surface area contributed by atoms with Gasteiger partial charge in [0, 0.05) is 32.7 Å². The Balaban J connectivity index is 0.843. The van der Waals surface area contributed by atoms with Crippen LogP contribution in [0.25, 0.3) is 110 Å². The molecule has 0 bridgehead atoms. The molecule has 3 heteroatoms. The van der Waals surface area contributed by atoms with Crippen molar-refractivity contribution in [1.82, 2.24) is 9.97 Å². The van der Waals surface area contributed by atoms with Gasteiger partial charge in [0.15, 0.2) is 0 Å². The summed E-state index contributed by atoms with van der Waals surface area (Å²) in [4.78, 5) is 10.1. The Hall–Kier alpha value is -7.36. The molecular formula is C52H32N2O. The zero-order valence-electron chi connectivity index (χ0n) is 29.8. The lowest BCUT2D eigenvalue weighted by atomic mass is 9.95. The largest absolute Gasteiger partial charge is 0.455 e. The SMILES string of the molecule is c1cc(-c2ccc(-c3ccc(-c4ccc(-c5cnc6c7ccccc7c7ccccc7c6n5)cc4)cc3)cc2)cc(-c2cccc3c2oc2ccccc23)c1. The minimum Gasteiger partial charge on any atom is -0.455 e. The Morgan fingerprint density at radius 3 is 1.44 bits per heavy atom. The number of rotatable bonds is 5. The van der Waals surface area contributed by atoms with E-state index in [4.69, 9.17) is 14.4 Å². The van der Waals surface area contributed by atoms with Crippen LogP contribution in [0.5, 0.6) is 0 Å². The molecule has 0 saturated heterocycles. The maximum absolute atomic E-state index is 6.34. The van der Waals surface area contributed by atoms with Gasteiger partial charge in [-0.25, -0.2) is 4.98 Å². The van der Waals surface area contributed by atoms with Crippen molar-refractivity contribution < 1.29 is 4.42 Å². The molecule has 0 aliphatic carbocycles. The average Bonchev–Trinajstić information content (AvgIpc) is 3.66. The van der Waals surface area contributed by atoms with Crippen molar-refractivity contribution in [2.24, 2.45) is 0 Å². The van der Waals surface area contributed by atoms with Crippen molar-refractivity contribution in [3.05, 3.63) is 194 Å². The van der Waals surface area contributed by atoms with E-state index in [0.29, 0.717) is 0 Å². The van der Waals surface area contributed by atoms with E-state index in [9.17, 15) is 0 Å². The summed E-state index contributed by atoms with van der Waals surface area (Å²) < 4.78 is 6.34. The molecule has 0 fully saturated rings. The van der Waals surface area contributed by atoms with Crippen LogP contribution in [-0.2, 0) is 0 Å². The Morgan fingerprint density at radius 1 is 0.327 bits per heavy atom. The molecule has 0 aliphatic rings. The highest BCUT2D eigenvalue weighted by Crippen LogP contribution is 2.38. The highest BCUT2D eigenvalue weighted by atomic mass is 16.3. The summed E-state index contributed by atoms with van der Waals surface area (Å²) in [7, 11) is 0. The second-order valence-electron chi connectivity index (χ2n) is 14.1. The molecule has 0 N–H and O–H groups in total. The lowest BCUT2D eigenvalue weighted by Crippen LogP contribution is -1.92. The maximum Gasteiger partial charge on any atom is 0.143 e. The summed E-state index contributed by atoms with van der Waals surface area (Å²) in [6, 6.07) is 66.6. The van der Waals surface area contributed by atoms with Crippen LogP contribution < -0.4 is 0 Å². The molecule has 2 heterocycles. The van der Waals surface area contributed by atoms with Gasteiger partial charge >= 0.3 is 0 Å². The minimum atomic E-state index is 0.869. The molecule has 0 amide bonds. The van der Waals surface area contributed by atoms with Gasteiger partial charge in [-0.1, -0.05) is 176 Å². The number of para-hydroxylation sites is 2. The fourth-order valence-corrected chi connectivity index (χ4v) is 8.15. The van der Waals surface area contributed by atoms with Crippen LogP contribution in [0, 0.1) is 0 Å². The van der Waals surface area contributed by atoms with Gasteiger partial charge in [-0.2, -0.15) is 0 Å². The number of nitrogens with zero attached hydrogens (tertiary/aromatic N) is 2. The van der Waals surface area contributed by atoms with E-state index in [-0.39, 0.29) is 0 Å². The van der Waals surface area contributed by atoms with Gasteiger partial charge in [-0.3, -0.25) is 4.98 Å². The summed E-state index contributed by atoms with van der Waals surface area (Å²) in [5, 5.41) is 6.95. The molecular weight excluding hydrogens is 669 g/mol. The number of fused-ring (bicyclic) bond motifs is 9. The van der Waals surface area contributed by atoms with Gasteiger partial charge in [0.2, 0.25) is 0 Å². The minimum absolute atomic E-state index is 0.869. The monoisotopic (exact) mass is 700 g/mol. The van der Waals surface area contributed by atoms with Crippen molar-refractivity contribution in [2.75, 3.05) is 0 Å². The molecule has 0 atom stereocenters. The van der Waals surface area contributed by atoms with Crippen molar-refractivity contribution >= 4 is 54.5 Å². The molecule has 256 valence electrons. The van der Waals surface area contributed by atoms with Crippen LogP contribution in [0.4, 0.5) is 0 Å². The lowest BCUT2D eigenvalue weighted by molar-refractivity contribution is 0.670. The molecule has 0 spiro atoms. The molecule has 9 aromatic carbocycles. The normalized spacial score (nSPS) is 11.6. The molecule has 11 rings (SSSR count). The zero-order valence-corrected chi connectivity index (χ0v) is 29.8. The first kappa shape index (κ1) is 31.2. The molecule has 11 aromatic rings. The second kappa shape index (κ2) is 12.6. The van der Waals surface area contributed by atoms with E-state index in [2.05, 4.69) is 176 Å². The molecule has 2 aromatic heterocycles. The highest BCUT2D eigenvalue weighted by Gasteiger charge is 2.14. The van der Waals surface area contributed by atoms with Crippen LogP contribution in [0.3, 0.4) is 0 Å². The predicted molar refractivity (Wildman–Crippen MR) is 229 cm³/mol. The molecule has 3 nitrogen and oxygen atoms in total. The fraction of sp³-hybridized carbons (Fsp3) is 0. The van der Waals surface area contributed by atoms with Crippen LogP contribution in [-0.4, -0.2) is 9.97 Å². The molecule has 55 heavy (non-hydrogen) atoms. The summed E-state index contributed by atoms with van der Waals surface area (Å²) >= 11 is 0. The molecule has 0 radical (unpaired) electrons. The Bertz CT molecular complexity index is 3200. The summed E-state index contributed by atoms with van der Waals surface area (Å²) in [5.74, 6) is 0. The van der Waals surface area contributed by atoms with Crippen LogP contribution in [0.1, 0.15) is 0 Å². The number of furan rings is 1. The zero-order chi connectivity index (χ0) is 36.3. The van der Waals surface area contributed by atoms with Crippen molar-refractivity contribution in [2.45, 2.75) is 0 Å². The topological polar surface area (TPSA) is 38.9 Å². The summed E-state index contributed by atoms with van der Waals surface area (Å²) in [6.45, 7) is 0. The Kier molecular flexibility index (Phi) is 7.17. The first-order valence-corrected chi connectivity index (χ1v) is 18.6. The third-order valence-corrected chi connectivity index (χ3v) is 11.0. The van der Waals surface area contributed by atoms with Crippen molar-refractivity contribution in [3.8, 4) is 55.8 Å². The van der Waals surface area contributed by atoms with Crippen LogP contribution >= 0.6 is 0 Å². The van der Waals surface area contributed by atoms with Crippen molar-refractivity contribution in [1.29, 1.82) is 0 Å². The van der Waals surface area contributed by atoms with Gasteiger partial charge in [0.05, 0.1) is 22.9 Å². The van der Waals surface area contributed by atoms with E-state index in [0.717, 1.165) is 71.7 Å². The first-order valence-electron chi connectivity index (χ1n) is 18.6. The smallest absolute Gasteiger partial charge is 0.143 e. The summed E-state index contributed by atoms with van der Waals surface area (Å²) in [6.07, 6.45) is 1.90.